The second-order valence-electron chi connectivity index (χ2n) is 6.44. The average Bonchev–Trinajstić information content (AvgIpc) is 2.76. The molecule has 1 heterocycles. The van der Waals surface area contributed by atoms with Crippen molar-refractivity contribution in [3.8, 4) is 23.4 Å². The number of halogens is 2. The number of carbonyl (C=O) groups excluding carboxylic acids is 1. The van der Waals surface area contributed by atoms with Crippen LogP contribution >= 0.6 is 0 Å². The molecule has 0 aliphatic carbocycles. The van der Waals surface area contributed by atoms with Gasteiger partial charge in [-0.25, -0.2) is 17.8 Å². The number of pyridine rings is 1. The van der Waals surface area contributed by atoms with E-state index in [9.17, 15) is 22.0 Å². The predicted molar refractivity (Wildman–Crippen MR) is 109 cm³/mol. The fourth-order valence-corrected chi connectivity index (χ4v) is 3.32. The van der Waals surface area contributed by atoms with Crippen molar-refractivity contribution in [2.75, 3.05) is 18.7 Å². The van der Waals surface area contributed by atoms with Crippen LogP contribution in [-0.2, 0) is 9.84 Å². The topological polar surface area (TPSA) is 118 Å². The number of methoxy groups -OCH3 is 1. The summed E-state index contributed by atoms with van der Waals surface area (Å²) in [6, 6.07) is 10.5. The van der Waals surface area contributed by atoms with Crippen LogP contribution in [0.3, 0.4) is 0 Å². The number of nitriles is 1. The molecule has 0 radical (unpaired) electrons. The highest BCUT2D eigenvalue weighted by molar-refractivity contribution is 7.90. The maximum Gasteiger partial charge on any atom is 0.261 e. The molecule has 164 valence electrons. The highest BCUT2D eigenvalue weighted by Crippen LogP contribution is 2.35. The van der Waals surface area contributed by atoms with Crippen molar-refractivity contribution in [1.82, 2.24) is 4.98 Å². The lowest BCUT2D eigenvalue weighted by molar-refractivity contribution is 0.102. The summed E-state index contributed by atoms with van der Waals surface area (Å²) in [5.41, 5.74) is -0.0122. The first-order valence-electron chi connectivity index (χ1n) is 8.85. The zero-order valence-corrected chi connectivity index (χ0v) is 17.5. The van der Waals surface area contributed by atoms with Gasteiger partial charge in [0.2, 0.25) is 17.4 Å². The number of ether oxygens (including phenoxy) is 2. The first-order valence-corrected chi connectivity index (χ1v) is 10.7. The Bertz CT molecular complexity index is 1350. The summed E-state index contributed by atoms with van der Waals surface area (Å²) in [6.45, 7) is 0. The van der Waals surface area contributed by atoms with Crippen molar-refractivity contribution in [3.05, 3.63) is 71.4 Å². The molecule has 1 aromatic heterocycles. The first kappa shape index (κ1) is 22.6. The Morgan fingerprint density at radius 2 is 1.94 bits per heavy atom. The highest BCUT2D eigenvalue weighted by atomic mass is 32.2. The maximum atomic E-state index is 14.0. The van der Waals surface area contributed by atoms with Gasteiger partial charge in [0.15, 0.2) is 21.4 Å². The number of rotatable bonds is 6. The molecule has 1 N–H and O–H groups in total. The van der Waals surface area contributed by atoms with E-state index in [0.717, 1.165) is 31.7 Å². The molecule has 32 heavy (non-hydrogen) atoms. The molecule has 0 atom stereocenters. The molecule has 11 heteroatoms. The van der Waals surface area contributed by atoms with Crippen LogP contribution in [0.2, 0.25) is 0 Å². The Morgan fingerprint density at radius 1 is 1.19 bits per heavy atom. The predicted octanol–water partition coefficient (Wildman–Crippen LogP) is 3.69. The smallest absolute Gasteiger partial charge is 0.261 e. The van der Waals surface area contributed by atoms with Crippen LogP contribution in [0.4, 0.5) is 14.5 Å². The number of benzene rings is 2. The number of nitrogens with zero attached hydrogens (tertiary/aromatic N) is 2. The third kappa shape index (κ3) is 4.81. The van der Waals surface area contributed by atoms with Gasteiger partial charge in [-0.1, -0.05) is 6.07 Å². The summed E-state index contributed by atoms with van der Waals surface area (Å²) in [4.78, 5) is 16.8. The van der Waals surface area contributed by atoms with Gasteiger partial charge in [-0.15, -0.1) is 0 Å². The number of hydrogen-bond donors (Lipinski definition) is 1. The lowest BCUT2D eigenvalue weighted by atomic mass is 10.2. The molecule has 0 unspecified atom stereocenters. The lowest BCUT2D eigenvalue weighted by Crippen LogP contribution is -2.14. The van der Waals surface area contributed by atoms with Crippen molar-refractivity contribution in [1.29, 1.82) is 5.26 Å². The van der Waals surface area contributed by atoms with E-state index in [1.807, 2.05) is 6.07 Å². The van der Waals surface area contributed by atoms with Crippen molar-refractivity contribution < 1.29 is 31.5 Å². The Morgan fingerprint density at radius 3 is 2.59 bits per heavy atom. The zero-order valence-electron chi connectivity index (χ0n) is 16.7. The molecule has 0 bridgehead atoms. The minimum atomic E-state index is -3.51. The molecule has 0 aliphatic rings. The van der Waals surface area contributed by atoms with Gasteiger partial charge in [-0.3, -0.25) is 4.79 Å². The van der Waals surface area contributed by atoms with E-state index in [1.165, 1.54) is 30.3 Å². The SMILES string of the molecule is COc1c(Oc2ncc(C#N)cc2C(=O)Nc2cccc(S(C)(=O)=O)c2)ccc(F)c1F. The summed E-state index contributed by atoms with van der Waals surface area (Å²) in [5, 5.41) is 11.6. The van der Waals surface area contributed by atoms with E-state index in [4.69, 9.17) is 14.7 Å². The van der Waals surface area contributed by atoms with E-state index >= 15 is 0 Å². The second kappa shape index (κ2) is 8.99. The summed E-state index contributed by atoms with van der Waals surface area (Å²) in [5.74, 6) is -4.34. The number of sulfone groups is 1. The van der Waals surface area contributed by atoms with E-state index < -0.39 is 33.1 Å². The molecule has 1 amide bonds. The number of amides is 1. The first-order chi connectivity index (χ1) is 15.1. The molecular formula is C21H15F2N3O5S. The highest BCUT2D eigenvalue weighted by Gasteiger charge is 2.21. The molecular weight excluding hydrogens is 444 g/mol. The molecule has 0 saturated heterocycles. The van der Waals surface area contributed by atoms with Crippen molar-refractivity contribution in [2.45, 2.75) is 4.90 Å². The molecule has 3 aromatic rings. The van der Waals surface area contributed by atoms with Crippen LogP contribution in [0.15, 0.2) is 53.6 Å². The van der Waals surface area contributed by atoms with E-state index in [-0.39, 0.29) is 33.3 Å². The van der Waals surface area contributed by atoms with Gasteiger partial charge in [0.25, 0.3) is 5.91 Å². The van der Waals surface area contributed by atoms with Crippen LogP contribution in [0.25, 0.3) is 0 Å². The number of aromatic nitrogens is 1. The minimum Gasteiger partial charge on any atom is -0.490 e. The fraction of sp³-hybridized carbons (Fsp3) is 0.0952. The largest absolute Gasteiger partial charge is 0.490 e. The van der Waals surface area contributed by atoms with Crippen molar-refractivity contribution in [3.63, 3.8) is 0 Å². The fourth-order valence-electron chi connectivity index (χ4n) is 2.65. The molecule has 2 aromatic carbocycles. The summed E-state index contributed by atoms with van der Waals surface area (Å²) < 4.78 is 61.3. The van der Waals surface area contributed by atoms with E-state index in [0.29, 0.717) is 0 Å². The quantitative estimate of drug-likeness (QED) is 0.597. The van der Waals surface area contributed by atoms with Gasteiger partial charge in [-0.05, 0) is 36.4 Å². The zero-order chi connectivity index (χ0) is 23.5. The second-order valence-corrected chi connectivity index (χ2v) is 8.45. The van der Waals surface area contributed by atoms with Gasteiger partial charge in [-0.2, -0.15) is 9.65 Å². The van der Waals surface area contributed by atoms with Crippen LogP contribution < -0.4 is 14.8 Å². The molecule has 0 aliphatic heterocycles. The summed E-state index contributed by atoms with van der Waals surface area (Å²) in [7, 11) is -2.40. The minimum absolute atomic E-state index is 0.0119. The third-order valence-corrected chi connectivity index (χ3v) is 5.28. The van der Waals surface area contributed by atoms with Crippen LogP contribution in [0.1, 0.15) is 15.9 Å². The third-order valence-electron chi connectivity index (χ3n) is 4.17. The molecule has 0 spiro atoms. The number of anilines is 1. The molecule has 0 saturated carbocycles. The standard InChI is InChI=1S/C21H15F2N3O5S/c1-30-19-17(7-6-16(22)18(19)23)31-21-15(8-12(10-24)11-25-21)20(27)26-13-4-3-5-14(9-13)32(2,28)29/h3-9,11H,1-2H3,(H,26,27). The Kier molecular flexibility index (Phi) is 6.36. The monoisotopic (exact) mass is 459 g/mol. The van der Waals surface area contributed by atoms with E-state index in [1.54, 1.807) is 0 Å². The van der Waals surface area contributed by atoms with Crippen LogP contribution in [-0.4, -0.2) is 32.7 Å². The van der Waals surface area contributed by atoms with Gasteiger partial charge >= 0.3 is 0 Å². The van der Waals surface area contributed by atoms with Crippen molar-refractivity contribution in [2.24, 2.45) is 0 Å². The summed E-state index contributed by atoms with van der Waals surface area (Å²) >= 11 is 0. The van der Waals surface area contributed by atoms with Crippen LogP contribution in [0.5, 0.6) is 17.4 Å². The summed E-state index contributed by atoms with van der Waals surface area (Å²) in [6.07, 6.45) is 2.15. The molecule has 8 nitrogen and oxygen atoms in total. The number of nitrogens with one attached hydrogen (secondary N) is 1. The van der Waals surface area contributed by atoms with Gasteiger partial charge in [0.1, 0.15) is 11.6 Å². The number of hydrogen-bond acceptors (Lipinski definition) is 7. The molecule has 3 rings (SSSR count). The Balaban J connectivity index is 2.00. The molecule has 0 fully saturated rings. The lowest BCUT2D eigenvalue weighted by Gasteiger charge is -2.14. The van der Waals surface area contributed by atoms with Crippen LogP contribution in [0, 0.1) is 23.0 Å². The van der Waals surface area contributed by atoms with Gasteiger partial charge in [0, 0.05) is 18.1 Å². The van der Waals surface area contributed by atoms with Crippen molar-refractivity contribution >= 4 is 21.4 Å². The normalized spacial score (nSPS) is 10.8. The Hall–Kier alpha value is -4.04. The van der Waals surface area contributed by atoms with E-state index in [2.05, 4.69) is 10.3 Å². The Labute approximate surface area is 182 Å². The number of carbonyl (C=O) groups is 1. The van der Waals surface area contributed by atoms with Gasteiger partial charge in [0.05, 0.1) is 17.6 Å². The van der Waals surface area contributed by atoms with Gasteiger partial charge < -0.3 is 14.8 Å². The maximum absolute atomic E-state index is 14.0. The average molecular weight is 459 g/mol.